The Kier molecular flexibility index (Phi) is 4.98. The first-order chi connectivity index (χ1) is 16.8. The van der Waals surface area contributed by atoms with E-state index in [0.717, 1.165) is 0 Å². The van der Waals surface area contributed by atoms with Gasteiger partial charge in [-0.3, -0.25) is 9.78 Å². The minimum absolute atomic E-state index is 0.0122. The third-order valence-electron chi connectivity index (χ3n) is 5.15. The summed E-state index contributed by atoms with van der Waals surface area (Å²) in [7, 11) is 0. The number of carbonyl (C=O) groups excluding carboxylic acids is 1. The Morgan fingerprint density at radius 2 is 1.97 bits per heavy atom. The molecule has 2 N–H and O–H groups in total. The van der Waals surface area contributed by atoms with E-state index in [1.54, 1.807) is 18.2 Å². The number of hydrogen-bond acceptors (Lipinski definition) is 7. The molecule has 0 radical (unpaired) electrons. The lowest BCUT2D eigenvalue weighted by molar-refractivity contribution is -0.143. The number of carbonyl (C=O) groups is 1. The van der Waals surface area contributed by atoms with Gasteiger partial charge in [0.2, 0.25) is 0 Å². The highest BCUT2D eigenvalue weighted by Crippen LogP contribution is 2.39. The smallest absolute Gasteiger partial charge is 0.365 e. The maximum Gasteiger partial charge on any atom is 0.434 e. The van der Waals surface area contributed by atoms with E-state index in [1.165, 1.54) is 47.9 Å². The van der Waals surface area contributed by atoms with E-state index in [4.69, 9.17) is 5.73 Å². The van der Waals surface area contributed by atoms with Gasteiger partial charge in [0.1, 0.15) is 24.4 Å². The van der Waals surface area contributed by atoms with Gasteiger partial charge in [-0.15, -0.1) is 0 Å². The summed E-state index contributed by atoms with van der Waals surface area (Å²) >= 11 is 0. The van der Waals surface area contributed by atoms with Crippen LogP contribution in [0.2, 0.25) is 0 Å². The van der Waals surface area contributed by atoms with E-state index in [9.17, 15) is 23.2 Å². The summed E-state index contributed by atoms with van der Waals surface area (Å²) in [6, 6.07) is 10.9. The van der Waals surface area contributed by atoms with Gasteiger partial charge in [-0.05, 0) is 30.3 Å². The number of fused-ring (bicyclic) bond motifs is 1. The van der Waals surface area contributed by atoms with Crippen LogP contribution in [0, 0.1) is 11.3 Å². The number of nitrogens with zero attached hydrogens (tertiary/aromatic N) is 8. The average Bonchev–Trinajstić information content (AvgIpc) is 3.51. The fourth-order valence-electron chi connectivity index (χ4n) is 3.73. The molecule has 0 saturated carbocycles. The van der Waals surface area contributed by atoms with E-state index >= 15 is 0 Å². The lowest BCUT2D eigenvalue weighted by Gasteiger charge is -2.13. The molecule has 0 fully saturated rings. The zero-order valence-corrected chi connectivity index (χ0v) is 17.5. The van der Waals surface area contributed by atoms with Gasteiger partial charge in [-0.25, -0.2) is 19.3 Å². The number of rotatable bonds is 4. The van der Waals surface area contributed by atoms with Crippen molar-refractivity contribution in [3.63, 3.8) is 0 Å². The highest BCUT2D eigenvalue weighted by atomic mass is 19.4. The molecule has 13 heteroatoms. The Labute approximate surface area is 194 Å². The molecule has 0 unspecified atom stereocenters. The van der Waals surface area contributed by atoms with Crippen LogP contribution in [-0.2, 0) is 6.18 Å². The van der Waals surface area contributed by atoms with Crippen molar-refractivity contribution in [3.8, 4) is 28.8 Å². The van der Waals surface area contributed by atoms with Crippen molar-refractivity contribution in [1.82, 2.24) is 34.5 Å². The van der Waals surface area contributed by atoms with Crippen molar-refractivity contribution in [2.75, 3.05) is 0 Å². The second kappa shape index (κ2) is 8.03. The molecule has 172 valence electrons. The predicted molar refractivity (Wildman–Crippen MR) is 115 cm³/mol. The van der Waals surface area contributed by atoms with E-state index in [0.29, 0.717) is 15.6 Å². The molecule has 4 heterocycles. The molecule has 5 aromatic rings. The quantitative estimate of drug-likeness (QED) is 0.421. The summed E-state index contributed by atoms with van der Waals surface area (Å²) in [6.07, 6.45) is 0.237. The first kappa shape index (κ1) is 21.7. The molecule has 0 aliphatic heterocycles. The van der Waals surface area contributed by atoms with Crippen molar-refractivity contribution >= 4 is 16.8 Å². The number of amides is 1. The van der Waals surface area contributed by atoms with E-state index in [2.05, 4.69) is 25.1 Å². The van der Waals surface area contributed by atoms with Gasteiger partial charge in [-0.2, -0.15) is 28.6 Å². The zero-order valence-electron chi connectivity index (χ0n) is 17.5. The maximum atomic E-state index is 14.3. The number of pyridine rings is 2. The monoisotopic (exact) mass is 475 g/mol. The molecule has 0 spiro atoms. The molecular weight excluding hydrogens is 463 g/mol. The zero-order chi connectivity index (χ0) is 24.7. The third kappa shape index (κ3) is 3.62. The highest BCUT2D eigenvalue weighted by molar-refractivity contribution is 6.01. The summed E-state index contributed by atoms with van der Waals surface area (Å²) in [4.78, 5) is 24.4. The molecule has 10 nitrogen and oxygen atoms in total. The fraction of sp³-hybridized carbons (Fsp3) is 0.0455. The number of halogens is 3. The van der Waals surface area contributed by atoms with Gasteiger partial charge in [0.15, 0.2) is 11.5 Å². The Bertz CT molecular complexity index is 1630. The van der Waals surface area contributed by atoms with Crippen molar-refractivity contribution in [1.29, 1.82) is 5.26 Å². The standard InChI is InChI=1S/C22H12F3N9O/c23-22(24,25)19-17(20(27)35)18(13-7-12(8-26)21(30-9-13)33-11-28-10-31-33)32-34(19)16-5-1-4-15-14(16)3-2-6-29-15/h1-7,9-11H,(H2,27,35). The van der Waals surface area contributed by atoms with E-state index < -0.39 is 23.3 Å². The Balaban J connectivity index is 1.81. The molecule has 0 aliphatic carbocycles. The van der Waals surface area contributed by atoms with Crippen LogP contribution in [0.1, 0.15) is 21.6 Å². The lowest BCUT2D eigenvalue weighted by Crippen LogP contribution is -2.21. The van der Waals surface area contributed by atoms with Gasteiger partial charge in [0, 0.05) is 23.3 Å². The van der Waals surface area contributed by atoms with Crippen molar-refractivity contribution in [3.05, 3.63) is 78.3 Å². The minimum Gasteiger partial charge on any atom is -0.365 e. The largest absolute Gasteiger partial charge is 0.434 e. The number of nitriles is 1. The van der Waals surface area contributed by atoms with Crippen molar-refractivity contribution in [2.45, 2.75) is 6.18 Å². The Morgan fingerprint density at radius 3 is 2.66 bits per heavy atom. The van der Waals surface area contributed by atoms with Crippen LogP contribution >= 0.6 is 0 Å². The average molecular weight is 475 g/mol. The topological polar surface area (TPSA) is 141 Å². The van der Waals surface area contributed by atoms with Crippen LogP contribution in [0.4, 0.5) is 13.2 Å². The van der Waals surface area contributed by atoms with Crippen LogP contribution in [-0.4, -0.2) is 40.4 Å². The molecule has 0 aliphatic rings. The molecule has 5 rings (SSSR count). The molecular formula is C22H12F3N9O. The molecule has 1 amide bonds. The lowest BCUT2D eigenvalue weighted by atomic mass is 10.0. The highest BCUT2D eigenvalue weighted by Gasteiger charge is 2.42. The third-order valence-corrected chi connectivity index (χ3v) is 5.15. The molecule has 0 bridgehead atoms. The van der Waals surface area contributed by atoms with Crippen LogP contribution in [0.3, 0.4) is 0 Å². The first-order valence-electron chi connectivity index (χ1n) is 9.89. The summed E-state index contributed by atoms with van der Waals surface area (Å²) < 4.78 is 44.8. The van der Waals surface area contributed by atoms with Gasteiger partial charge in [-0.1, -0.05) is 6.07 Å². The van der Waals surface area contributed by atoms with Crippen LogP contribution in [0.25, 0.3) is 33.7 Å². The number of primary amides is 1. The van der Waals surface area contributed by atoms with Crippen molar-refractivity contribution in [2.24, 2.45) is 5.73 Å². The van der Waals surface area contributed by atoms with Gasteiger partial charge in [0.05, 0.1) is 22.3 Å². The summed E-state index contributed by atoms with van der Waals surface area (Å²) in [5.74, 6) is -1.24. The minimum atomic E-state index is -4.99. The van der Waals surface area contributed by atoms with Crippen molar-refractivity contribution < 1.29 is 18.0 Å². The van der Waals surface area contributed by atoms with Gasteiger partial charge in [0.25, 0.3) is 5.91 Å². The number of benzene rings is 1. The van der Waals surface area contributed by atoms with Crippen LogP contribution in [0.15, 0.2) is 61.4 Å². The summed E-state index contributed by atoms with van der Waals surface area (Å²) in [6.45, 7) is 0. The van der Waals surface area contributed by atoms with Crippen LogP contribution in [0.5, 0.6) is 0 Å². The maximum absolute atomic E-state index is 14.3. The predicted octanol–water partition coefficient (Wildman–Crippen LogP) is 3.05. The summed E-state index contributed by atoms with van der Waals surface area (Å²) in [5, 5.41) is 18.0. The molecule has 0 saturated heterocycles. The SMILES string of the molecule is N#Cc1cc(-c2nn(-c3cccc4ncccc34)c(C(F)(F)F)c2C(N)=O)cnc1-n1cncn1. The van der Waals surface area contributed by atoms with Gasteiger partial charge >= 0.3 is 6.18 Å². The molecule has 4 aromatic heterocycles. The molecule has 0 atom stereocenters. The number of nitrogens with two attached hydrogens (primary N) is 1. The Morgan fingerprint density at radius 1 is 1.14 bits per heavy atom. The number of aromatic nitrogens is 7. The van der Waals surface area contributed by atoms with Crippen LogP contribution < -0.4 is 5.73 Å². The summed E-state index contributed by atoms with van der Waals surface area (Å²) in [5.41, 5.74) is 3.28. The van der Waals surface area contributed by atoms with Gasteiger partial charge < -0.3 is 5.73 Å². The van der Waals surface area contributed by atoms with E-state index in [1.807, 2.05) is 6.07 Å². The number of hydrogen-bond donors (Lipinski definition) is 1. The van der Waals surface area contributed by atoms with E-state index in [-0.39, 0.29) is 28.3 Å². The Hall–Kier alpha value is -5.12. The normalized spacial score (nSPS) is 11.5. The fourth-order valence-corrected chi connectivity index (χ4v) is 3.73. The second-order valence-corrected chi connectivity index (χ2v) is 7.24. The number of alkyl halides is 3. The molecule has 1 aromatic carbocycles. The first-order valence-corrected chi connectivity index (χ1v) is 9.89. The second-order valence-electron chi connectivity index (χ2n) is 7.24. The molecule has 35 heavy (non-hydrogen) atoms.